The maximum atomic E-state index is 13.9. The van der Waals surface area contributed by atoms with Crippen LogP contribution in [0.25, 0.3) is 0 Å². The van der Waals surface area contributed by atoms with Crippen LogP contribution in [0.15, 0.2) is 18.2 Å². The van der Waals surface area contributed by atoms with Gasteiger partial charge in [0.15, 0.2) is 0 Å². The van der Waals surface area contributed by atoms with Crippen LogP contribution in [0.3, 0.4) is 0 Å². The van der Waals surface area contributed by atoms with Crippen LogP contribution in [0, 0.1) is 29.4 Å². The Morgan fingerprint density at radius 2 is 2.06 bits per heavy atom. The van der Waals surface area contributed by atoms with Crippen LogP contribution < -0.4 is 5.32 Å². The zero-order valence-electron chi connectivity index (χ0n) is 10.6. The van der Waals surface area contributed by atoms with Gasteiger partial charge in [-0.25, -0.2) is 8.78 Å². The number of hydrogen-bond donors (Lipinski definition) is 1. The van der Waals surface area contributed by atoms with E-state index in [2.05, 4.69) is 5.32 Å². The summed E-state index contributed by atoms with van der Waals surface area (Å²) in [6, 6.07) is 3.73. The van der Waals surface area contributed by atoms with Gasteiger partial charge in [0, 0.05) is 11.6 Å². The molecule has 18 heavy (non-hydrogen) atoms. The molecular weight excluding hydrogens is 232 g/mol. The highest BCUT2D eigenvalue weighted by Gasteiger charge is 2.43. The van der Waals surface area contributed by atoms with Gasteiger partial charge < -0.3 is 5.32 Å². The van der Waals surface area contributed by atoms with Crippen molar-refractivity contribution in [2.45, 2.75) is 31.7 Å². The number of fused-ring (bicyclic) bond motifs is 2. The Labute approximate surface area is 107 Å². The second-order valence-corrected chi connectivity index (χ2v) is 5.77. The summed E-state index contributed by atoms with van der Waals surface area (Å²) in [4.78, 5) is 0. The van der Waals surface area contributed by atoms with E-state index >= 15 is 0 Å². The smallest absolute Gasteiger partial charge is 0.128 e. The van der Waals surface area contributed by atoms with Crippen molar-refractivity contribution in [2.24, 2.45) is 17.8 Å². The van der Waals surface area contributed by atoms with E-state index in [1.165, 1.54) is 37.5 Å². The van der Waals surface area contributed by atoms with Gasteiger partial charge in [-0.15, -0.1) is 0 Å². The summed E-state index contributed by atoms with van der Waals surface area (Å²) >= 11 is 0. The van der Waals surface area contributed by atoms with Gasteiger partial charge in [-0.05, 0) is 62.3 Å². The summed E-state index contributed by atoms with van der Waals surface area (Å²) in [5, 5.41) is 3.21. The summed E-state index contributed by atoms with van der Waals surface area (Å²) in [5.74, 6) is 1.32. The lowest BCUT2D eigenvalue weighted by Gasteiger charge is -2.31. The highest BCUT2D eigenvalue weighted by atomic mass is 19.1. The third-order valence-corrected chi connectivity index (χ3v) is 4.83. The van der Waals surface area contributed by atoms with Crippen LogP contribution in [0.5, 0.6) is 0 Å². The molecule has 0 aliphatic heterocycles. The van der Waals surface area contributed by atoms with Gasteiger partial charge >= 0.3 is 0 Å². The number of benzene rings is 1. The Bertz CT molecular complexity index is 446. The van der Waals surface area contributed by atoms with Crippen molar-refractivity contribution in [1.82, 2.24) is 5.32 Å². The molecule has 1 N–H and O–H groups in total. The molecule has 1 nitrogen and oxygen atoms in total. The molecule has 0 amide bonds. The molecule has 1 aromatic rings. The first-order valence-electron chi connectivity index (χ1n) is 6.81. The number of halogens is 2. The van der Waals surface area contributed by atoms with Crippen molar-refractivity contribution in [3.05, 3.63) is 35.4 Å². The van der Waals surface area contributed by atoms with E-state index in [0.29, 0.717) is 17.4 Å². The van der Waals surface area contributed by atoms with Crippen molar-refractivity contribution in [2.75, 3.05) is 7.05 Å². The largest absolute Gasteiger partial charge is 0.313 e. The quantitative estimate of drug-likeness (QED) is 0.864. The standard InChI is InChI=1S/C15H19F2N/c1-18-15(12-7-9-2-3-10(12)6-9)13-8-11(16)4-5-14(13)17/h4-5,8-10,12,15,18H,2-3,6-7H2,1H3. The van der Waals surface area contributed by atoms with Gasteiger partial charge in [-0.2, -0.15) is 0 Å². The van der Waals surface area contributed by atoms with Gasteiger partial charge in [-0.1, -0.05) is 6.42 Å². The first-order valence-corrected chi connectivity index (χ1v) is 6.81. The fraction of sp³-hybridized carbons (Fsp3) is 0.600. The molecule has 4 unspecified atom stereocenters. The van der Waals surface area contributed by atoms with Crippen LogP contribution in [0.4, 0.5) is 8.78 Å². The van der Waals surface area contributed by atoms with Crippen LogP contribution in [0.2, 0.25) is 0 Å². The van der Waals surface area contributed by atoms with Gasteiger partial charge in [0.25, 0.3) is 0 Å². The zero-order valence-corrected chi connectivity index (χ0v) is 10.6. The molecule has 98 valence electrons. The Morgan fingerprint density at radius 1 is 1.22 bits per heavy atom. The molecule has 0 aromatic heterocycles. The van der Waals surface area contributed by atoms with Crippen LogP contribution in [-0.4, -0.2) is 7.05 Å². The van der Waals surface area contributed by atoms with Gasteiger partial charge in [0.1, 0.15) is 11.6 Å². The molecule has 0 spiro atoms. The molecule has 0 heterocycles. The average Bonchev–Trinajstić information content (AvgIpc) is 2.97. The van der Waals surface area contributed by atoms with E-state index in [1.807, 2.05) is 7.05 Å². The van der Waals surface area contributed by atoms with Crippen LogP contribution in [-0.2, 0) is 0 Å². The van der Waals surface area contributed by atoms with Crippen molar-refractivity contribution in [3.63, 3.8) is 0 Å². The number of nitrogens with one attached hydrogen (secondary N) is 1. The first kappa shape index (κ1) is 12.1. The van der Waals surface area contributed by atoms with Crippen molar-refractivity contribution >= 4 is 0 Å². The lowest BCUT2D eigenvalue weighted by Crippen LogP contribution is -2.29. The third-order valence-electron chi connectivity index (χ3n) is 4.83. The molecule has 0 radical (unpaired) electrons. The molecular formula is C15H19F2N. The Hall–Kier alpha value is -0.960. The summed E-state index contributed by atoms with van der Waals surface area (Å²) in [6.07, 6.45) is 5.01. The normalized spacial score (nSPS) is 31.8. The Kier molecular flexibility index (Phi) is 3.10. The molecule has 3 heteroatoms. The second-order valence-electron chi connectivity index (χ2n) is 5.77. The predicted molar refractivity (Wildman–Crippen MR) is 67.1 cm³/mol. The first-order chi connectivity index (χ1) is 8.69. The minimum absolute atomic E-state index is 0.0454. The average molecular weight is 251 g/mol. The molecule has 1 aromatic carbocycles. The van der Waals surface area contributed by atoms with E-state index in [1.54, 1.807) is 0 Å². The van der Waals surface area contributed by atoms with E-state index in [-0.39, 0.29) is 17.7 Å². The lowest BCUT2D eigenvalue weighted by atomic mass is 9.80. The highest BCUT2D eigenvalue weighted by Crippen LogP contribution is 2.52. The highest BCUT2D eigenvalue weighted by molar-refractivity contribution is 5.24. The van der Waals surface area contributed by atoms with Gasteiger partial charge in [0.2, 0.25) is 0 Å². The van der Waals surface area contributed by atoms with Gasteiger partial charge in [0.05, 0.1) is 0 Å². The molecule has 2 fully saturated rings. The Balaban J connectivity index is 1.90. The SMILES string of the molecule is CNC(c1cc(F)ccc1F)C1CC2CCC1C2. The maximum absolute atomic E-state index is 13.9. The zero-order chi connectivity index (χ0) is 12.7. The van der Waals surface area contributed by atoms with E-state index in [9.17, 15) is 8.78 Å². The topological polar surface area (TPSA) is 12.0 Å². The van der Waals surface area contributed by atoms with Crippen molar-refractivity contribution in [3.8, 4) is 0 Å². The Morgan fingerprint density at radius 3 is 2.67 bits per heavy atom. The molecule has 2 bridgehead atoms. The lowest BCUT2D eigenvalue weighted by molar-refractivity contribution is 0.255. The van der Waals surface area contributed by atoms with E-state index < -0.39 is 0 Å². The monoisotopic (exact) mass is 251 g/mol. The fourth-order valence-corrected chi connectivity index (χ4v) is 4.06. The molecule has 3 rings (SSSR count). The molecule has 0 saturated heterocycles. The summed E-state index contributed by atoms with van der Waals surface area (Å²) in [5.41, 5.74) is 0.495. The minimum Gasteiger partial charge on any atom is -0.313 e. The minimum atomic E-state index is -0.352. The van der Waals surface area contributed by atoms with Crippen LogP contribution >= 0.6 is 0 Å². The van der Waals surface area contributed by atoms with Crippen molar-refractivity contribution in [1.29, 1.82) is 0 Å². The van der Waals surface area contributed by atoms with Crippen LogP contribution in [0.1, 0.15) is 37.3 Å². The molecule has 2 aliphatic carbocycles. The number of hydrogen-bond acceptors (Lipinski definition) is 1. The van der Waals surface area contributed by atoms with Crippen molar-refractivity contribution < 1.29 is 8.78 Å². The van der Waals surface area contributed by atoms with Gasteiger partial charge in [-0.3, -0.25) is 0 Å². The summed E-state index contributed by atoms with van der Waals surface area (Å²) in [7, 11) is 1.85. The molecule has 2 saturated carbocycles. The predicted octanol–water partition coefficient (Wildman–Crippen LogP) is 3.66. The number of rotatable bonds is 3. The fourth-order valence-electron chi connectivity index (χ4n) is 4.06. The molecule has 2 aliphatic rings. The second kappa shape index (κ2) is 4.61. The van der Waals surface area contributed by atoms with E-state index in [4.69, 9.17) is 0 Å². The maximum Gasteiger partial charge on any atom is 0.128 e. The summed E-state index contributed by atoms with van der Waals surface area (Å²) in [6.45, 7) is 0. The van der Waals surface area contributed by atoms with E-state index in [0.717, 1.165) is 12.3 Å². The molecule has 4 atom stereocenters. The third kappa shape index (κ3) is 1.95. The summed E-state index contributed by atoms with van der Waals surface area (Å²) < 4.78 is 27.2.